The van der Waals surface area contributed by atoms with Gasteiger partial charge in [0.1, 0.15) is 12.4 Å². The van der Waals surface area contributed by atoms with Gasteiger partial charge in [0.05, 0.1) is 22.7 Å². The monoisotopic (exact) mass is 351 g/mol. The molecule has 1 heterocycles. The van der Waals surface area contributed by atoms with E-state index < -0.39 is 0 Å². The fraction of sp³-hybridized carbons (Fsp3) is 0.438. The van der Waals surface area contributed by atoms with Gasteiger partial charge in [0, 0.05) is 13.6 Å². The molecule has 0 saturated carbocycles. The summed E-state index contributed by atoms with van der Waals surface area (Å²) in [7, 11) is 1.96. The number of halogens is 1. The minimum atomic E-state index is 0.514. The lowest BCUT2D eigenvalue weighted by atomic mass is 10.2. The number of aromatic nitrogens is 2. The molecule has 4 nitrogen and oxygen atoms in total. The first kappa shape index (κ1) is 16.0. The van der Waals surface area contributed by atoms with Crippen molar-refractivity contribution in [1.82, 2.24) is 14.9 Å². The van der Waals surface area contributed by atoms with Gasteiger partial charge in [-0.05, 0) is 46.1 Å². The van der Waals surface area contributed by atoms with Gasteiger partial charge in [-0.15, -0.1) is 0 Å². The number of imidazole rings is 1. The second kappa shape index (κ2) is 7.61. The minimum absolute atomic E-state index is 0.514. The molecule has 2 aromatic rings. The number of hydrogen-bond acceptors (Lipinski definition) is 3. The Labute approximate surface area is 134 Å². The summed E-state index contributed by atoms with van der Waals surface area (Å²) in [5, 5.41) is 3.44. The summed E-state index contributed by atoms with van der Waals surface area (Å²) in [5.41, 5.74) is 2.29. The van der Waals surface area contributed by atoms with Crippen LogP contribution in [0.25, 0.3) is 0 Å². The number of benzene rings is 1. The van der Waals surface area contributed by atoms with Crippen molar-refractivity contribution < 1.29 is 4.74 Å². The molecule has 21 heavy (non-hydrogen) atoms. The Morgan fingerprint density at radius 2 is 2.19 bits per heavy atom. The molecule has 2 rings (SSSR count). The SMILES string of the molecule is CC(C)CNCc1ccc(OCc2cncn2C)c(Br)c1. The molecular formula is C16H22BrN3O. The van der Waals surface area contributed by atoms with E-state index in [2.05, 4.69) is 52.2 Å². The Bertz CT molecular complexity index is 581. The summed E-state index contributed by atoms with van der Waals surface area (Å²) in [6.07, 6.45) is 3.59. The number of nitrogens with zero attached hydrogens (tertiary/aromatic N) is 2. The average molecular weight is 352 g/mol. The van der Waals surface area contributed by atoms with Gasteiger partial charge in [-0.2, -0.15) is 0 Å². The molecule has 114 valence electrons. The molecule has 1 N–H and O–H groups in total. The van der Waals surface area contributed by atoms with Gasteiger partial charge >= 0.3 is 0 Å². The zero-order chi connectivity index (χ0) is 15.2. The summed E-state index contributed by atoms with van der Waals surface area (Å²) in [4.78, 5) is 4.08. The van der Waals surface area contributed by atoms with Crippen molar-refractivity contribution in [3.05, 3.63) is 46.5 Å². The van der Waals surface area contributed by atoms with E-state index in [1.165, 1.54) is 5.56 Å². The molecule has 0 unspecified atom stereocenters. The topological polar surface area (TPSA) is 39.1 Å². The molecule has 0 spiro atoms. The Morgan fingerprint density at radius 1 is 1.38 bits per heavy atom. The lowest BCUT2D eigenvalue weighted by Crippen LogP contribution is -2.18. The zero-order valence-corrected chi connectivity index (χ0v) is 14.4. The van der Waals surface area contributed by atoms with E-state index in [0.717, 1.165) is 29.0 Å². The second-order valence-corrected chi connectivity index (χ2v) is 6.43. The predicted octanol–water partition coefficient (Wildman–Crippen LogP) is 3.51. The van der Waals surface area contributed by atoms with Gasteiger partial charge in [-0.3, -0.25) is 0 Å². The van der Waals surface area contributed by atoms with E-state index in [4.69, 9.17) is 4.74 Å². The highest BCUT2D eigenvalue weighted by Crippen LogP contribution is 2.26. The third kappa shape index (κ3) is 4.86. The van der Waals surface area contributed by atoms with Crippen LogP contribution in [0, 0.1) is 5.92 Å². The maximum atomic E-state index is 5.83. The van der Waals surface area contributed by atoms with Crippen LogP contribution in [-0.2, 0) is 20.2 Å². The third-order valence-electron chi connectivity index (χ3n) is 3.17. The first-order valence-electron chi connectivity index (χ1n) is 7.13. The molecule has 0 amide bonds. The van der Waals surface area contributed by atoms with Gasteiger partial charge in [0.2, 0.25) is 0 Å². The predicted molar refractivity (Wildman–Crippen MR) is 88.2 cm³/mol. The van der Waals surface area contributed by atoms with Gasteiger partial charge in [-0.25, -0.2) is 4.98 Å². The molecule has 0 aliphatic carbocycles. The van der Waals surface area contributed by atoms with Crippen LogP contribution in [0.4, 0.5) is 0 Å². The Hall–Kier alpha value is -1.33. The van der Waals surface area contributed by atoms with E-state index in [0.29, 0.717) is 12.5 Å². The third-order valence-corrected chi connectivity index (χ3v) is 3.79. The van der Waals surface area contributed by atoms with Crippen LogP contribution in [0.1, 0.15) is 25.1 Å². The quantitative estimate of drug-likeness (QED) is 0.829. The van der Waals surface area contributed by atoms with Gasteiger partial charge < -0.3 is 14.6 Å². The highest BCUT2D eigenvalue weighted by Gasteiger charge is 2.05. The summed E-state index contributed by atoms with van der Waals surface area (Å²) in [6, 6.07) is 6.20. The summed E-state index contributed by atoms with van der Waals surface area (Å²) < 4.78 is 8.77. The number of hydrogen-bond donors (Lipinski definition) is 1. The molecule has 0 atom stereocenters. The lowest BCUT2D eigenvalue weighted by molar-refractivity contribution is 0.295. The molecule has 0 bridgehead atoms. The molecule has 0 fully saturated rings. The van der Waals surface area contributed by atoms with Crippen molar-refractivity contribution in [2.24, 2.45) is 13.0 Å². The molecule has 0 aliphatic heterocycles. The van der Waals surface area contributed by atoms with E-state index in [-0.39, 0.29) is 0 Å². The Balaban J connectivity index is 1.91. The highest BCUT2D eigenvalue weighted by atomic mass is 79.9. The molecule has 1 aromatic heterocycles. The average Bonchev–Trinajstić information content (AvgIpc) is 2.83. The molecule has 0 saturated heterocycles. The summed E-state index contributed by atoms with van der Waals surface area (Å²) >= 11 is 3.58. The lowest BCUT2D eigenvalue weighted by Gasteiger charge is -2.11. The highest BCUT2D eigenvalue weighted by molar-refractivity contribution is 9.10. The molecule has 5 heteroatoms. The molecule has 0 radical (unpaired) electrons. The van der Waals surface area contributed by atoms with E-state index in [9.17, 15) is 0 Å². The standard InChI is InChI=1S/C16H22BrN3O/c1-12(2)7-18-8-13-4-5-16(15(17)6-13)21-10-14-9-19-11-20(14)3/h4-6,9,11-12,18H,7-8,10H2,1-3H3. The van der Waals surface area contributed by atoms with Crippen molar-refractivity contribution in [1.29, 1.82) is 0 Å². The second-order valence-electron chi connectivity index (χ2n) is 5.57. The van der Waals surface area contributed by atoms with Gasteiger partial charge in [-0.1, -0.05) is 19.9 Å². The van der Waals surface area contributed by atoms with Crippen molar-refractivity contribution in [2.75, 3.05) is 6.54 Å². The van der Waals surface area contributed by atoms with Crippen LogP contribution < -0.4 is 10.1 Å². The van der Waals surface area contributed by atoms with Crippen LogP contribution in [0.5, 0.6) is 5.75 Å². The summed E-state index contributed by atoms with van der Waals surface area (Å²) in [6.45, 7) is 6.83. The van der Waals surface area contributed by atoms with Crippen molar-refractivity contribution in [2.45, 2.75) is 27.0 Å². The van der Waals surface area contributed by atoms with Crippen LogP contribution in [0.2, 0.25) is 0 Å². The first-order chi connectivity index (χ1) is 10.1. The first-order valence-corrected chi connectivity index (χ1v) is 7.92. The van der Waals surface area contributed by atoms with Gasteiger partial charge in [0.15, 0.2) is 0 Å². The smallest absolute Gasteiger partial charge is 0.134 e. The zero-order valence-electron chi connectivity index (χ0n) is 12.8. The van der Waals surface area contributed by atoms with Crippen molar-refractivity contribution in [3.8, 4) is 5.75 Å². The van der Waals surface area contributed by atoms with E-state index >= 15 is 0 Å². The maximum absolute atomic E-state index is 5.83. The van der Waals surface area contributed by atoms with Crippen LogP contribution in [-0.4, -0.2) is 16.1 Å². The van der Waals surface area contributed by atoms with Gasteiger partial charge in [0.25, 0.3) is 0 Å². The summed E-state index contributed by atoms with van der Waals surface area (Å²) in [5.74, 6) is 1.51. The van der Waals surface area contributed by atoms with Crippen molar-refractivity contribution >= 4 is 15.9 Å². The normalized spacial score (nSPS) is 11.1. The number of rotatable bonds is 7. The largest absolute Gasteiger partial charge is 0.486 e. The molecule has 1 aromatic carbocycles. The minimum Gasteiger partial charge on any atom is -0.486 e. The molecule has 0 aliphatic rings. The van der Waals surface area contributed by atoms with Crippen LogP contribution in [0.3, 0.4) is 0 Å². The fourth-order valence-electron chi connectivity index (χ4n) is 1.95. The van der Waals surface area contributed by atoms with E-state index in [1.54, 1.807) is 6.33 Å². The number of nitrogens with one attached hydrogen (secondary N) is 1. The fourth-order valence-corrected chi connectivity index (χ4v) is 2.49. The number of aryl methyl sites for hydroxylation is 1. The molecular weight excluding hydrogens is 330 g/mol. The Kier molecular flexibility index (Phi) is 5.82. The number of ether oxygens (including phenoxy) is 1. The van der Waals surface area contributed by atoms with E-state index in [1.807, 2.05) is 23.9 Å². The van der Waals surface area contributed by atoms with Crippen LogP contribution >= 0.6 is 15.9 Å². The van der Waals surface area contributed by atoms with Crippen LogP contribution in [0.15, 0.2) is 35.2 Å². The van der Waals surface area contributed by atoms with Crippen molar-refractivity contribution in [3.63, 3.8) is 0 Å². The Morgan fingerprint density at radius 3 is 2.81 bits per heavy atom. The maximum Gasteiger partial charge on any atom is 0.134 e.